The van der Waals surface area contributed by atoms with Crippen molar-refractivity contribution in [3.63, 3.8) is 0 Å². The Morgan fingerprint density at radius 3 is 2.65 bits per heavy atom. The summed E-state index contributed by atoms with van der Waals surface area (Å²) in [6.07, 6.45) is 2.65. The zero-order valence-electron chi connectivity index (χ0n) is 13.0. The fourth-order valence-corrected chi connectivity index (χ4v) is 2.80. The molecule has 1 fully saturated rings. The van der Waals surface area contributed by atoms with Crippen LogP contribution < -0.4 is 5.73 Å². The quantitative estimate of drug-likeness (QED) is 0.898. The summed E-state index contributed by atoms with van der Waals surface area (Å²) < 4.78 is 5.67. The molecule has 1 aromatic rings. The molecule has 0 aromatic heterocycles. The molecule has 20 heavy (non-hydrogen) atoms. The molecule has 1 saturated heterocycles. The topological polar surface area (TPSA) is 38.5 Å². The van der Waals surface area contributed by atoms with Crippen LogP contribution in [0.1, 0.15) is 44.4 Å². The van der Waals surface area contributed by atoms with Gasteiger partial charge in [0, 0.05) is 25.2 Å². The van der Waals surface area contributed by atoms with Crippen LogP contribution in [0.25, 0.3) is 0 Å². The van der Waals surface area contributed by atoms with E-state index in [1.165, 1.54) is 17.5 Å². The fourth-order valence-electron chi connectivity index (χ4n) is 2.80. The molecule has 1 aromatic carbocycles. The standard InChI is InChI=1S/C17H28N2O/c1-4-5-15-6-8-16(9-7-15)17(18)11-19-10-14(3)20-12-13(19)2/h6-9,13-14,17H,4-5,10-12,18H2,1-3H3. The van der Waals surface area contributed by atoms with E-state index in [4.69, 9.17) is 10.5 Å². The Bertz CT molecular complexity index is 404. The molecule has 0 saturated carbocycles. The van der Waals surface area contributed by atoms with Gasteiger partial charge in [-0.15, -0.1) is 0 Å². The van der Waals surface area contributed by atoms with Gasteiger partial charge in [-0.1, -0.05) is 37.6 Å². The highest BCUT2D eigenvalue weighted by Crippen LogP contribution is 2.18. The predicted molar refractivity (Wildman–Crippen MR) is 83.8 cm³/mol. The van der Waals surface area contributed by atoms with Crippen LogP contribution >= 0.6 is 0 Å². The SMILES string of the molecule is CCCc1ccc(C(N)CN2CC(C)OCC2C)cc1. The average molecular weight is 276 g/mol. The van der Waals surface area contributed by atoms with E-state index in [-0.39, 0.29) is 6.04 Å². The van der Waals surface area contributed by atoms with E-state index in [2.05, 4.69) is 49.9 Å². The molecule has 1 heterocycles. The molecule has 3 atom stereocenters. The molecule has 2 rings (SSSR count). The maximum absolute atomic E-state index is 6.38. The van der Waals surface area contributed by atoms with Crippen LogP contribution in [-0.2, 0) is 11.2 Å². The highest BCUT2D eigenvalue weighted by molar-refractivity contribution is 5.25. The average Bonchev–Trinajstić information content (AvgIpc) is 2.44. The molecule has 112 valence electrons. The third-order valence-corrected chi connectivity index (χ3v) is 4.11. The van der Waals surface area contributed by atoms with Crippen molar-refractivity contribution in [2.45, 2.75) is 51.8 Å². The van der Waals surface area contributed by atoms with E-state index in [0.29, 0.717) is 12.1 Å². The van der Waals surface area contributed by atoms with E-state index < -0.39 is 0 Å². The maximum atomic E-state index is 6.38. The van der Waals surface area contributed by atoms with Crippen molar-refractivity contribution in [1.82, 2.24) is 4.90 Å². The van der Waals surface area contributed by atoms with Gasteiger partial charge in [0.05, 0.1) is 12.7 Å². The summed E-state index contributed by atoms with van der Waals surface area (Å²) in [4.78, 5) is 2.44. The first-order valence-corrected chi connectivity index (χ1v) is 7.80. The molecule has 0 radical (unpaired) electrons. The highest BCUT2D eigenvalue weighted by Gasteiger charge is 2.25. The summed E-state index contributed by atoms with van der Waals surface area (Å²) in [7, 11) is 0. The van der Waals surface area contributed by atoms with Crippen LogP contribution in [0.4, 0.5) is 0 Å². The minimum absolute atomic E-state index is 0.0819. The predicted octanol–water partition coefficient (Wildman–Crippen LogP) is 2.75. The van der Waals surface area contributed by atoms with Gasteiger partial charge < -0.3 is 10.5 Å². The summed E-state index contributed by atoms with van der Waals surface area (Å²) in [5.74, 6) is 0. The second-order valence-corrected chi connectivity index (χ2v) is 6.04. The summed E-state index contributed by atoms with van der Waals surface area (Å²) >= 11 is 0. The lowest BCUT2D eigenvalue weighted by Gasteiger charge is -2.38. The van der Waals surface area contributed by atoms with Crippen molar-refractivity contribution in [1.29, 1.82) is 0 Å². The number of morpholine rings is 1. The van der Waals surface area contributed by atoms with Gasteiger partial charge in [-0.05, 0) is 31.4 Å². The molecule has 0 spiro atoms. The van der Waals surface area contributed by atoms with E-state index in [0.717, 1.165) is 26.1 Å². The smallest absolute Gasteiger partial charge is 0.0674 e. The van der Waals surface area contributed by atoms with Crippen LogP contribution in [0, 0.1) is 0 Å². The number of hydrogen-bond acceptors (Lipinski definition) is 3. The van der Waals surface area contributed by atoms with Crippen molar-refractivity contribution in [2.24, 2.45) is 5.73 Å². The van der Waals surface area contributed by atoms with Crippen molar-refractivity contribution < 1.29 is 4.74 Å². The zero-order chi connectivity index (χ0) is 14.5. The zero-order valence-corrected chi connectivity index (χ0v) is 13.0. The van der Waals surface area contributed by atoms with Crippen molar-refractivity contribution >= 4 is 0 Å². The van der Waals surface area contributed by atoms with Crippen LogP contribution in [0.2, 0.25) is 0 Å². The minimum Gasteiger partial charge on any atom is -0.376 e. The van der Waals surface area contributed by atoms with Crippen molar-refractivity contribution in [3.8, 4) is 0 Å². The lowest BCUT2D eigenvalue weighted by molar-refractivity contribution is -0.0510. The summed E-state index contributed by atoms with van der Waals surface area (Å²) in [5, 5.41) is 0. The molecule has 3 nitrogen and oxygen atoms in total. The van der Waals surface area contributed by atoms with Crippen LogP contribution in [0.15, 0.2) is 24.3 Å². The van der Waals surface area contributed by atoms with Crippen LogP contribution in [-0.4, -0.2) is 36.7 Å². The van der Waals surface area contributed by atoms with Gasteiger partial charge in [0.2, 0.25) is 0 Å². The summed E-state index contributed by atoms with van der Waals surface area (Å²) in [6, 6.07) is 9.33. The molecular weight excluding hydrogens is 248 g/mol. The second kappa shape index (κ2) is 7.21. The molecule has 0 amide bonds. The van der Waals surface area contributed by atoms with Gasteiger partial charge in [0.15, 0.2) is 0 Å². The third-order valence-electron chi connectivity index (χ3n) is 4.11. The molecule has 3 unspecified atom stereocenters. The van der Waals surface area contributed by atoms with Crippen molar-refractivity contribution in [2.75, 3.05) is 19.7 Å². The normalized spacial score (nSPS) is 25.6. The first-order chi connectivity index (χ1) is 9.60. The largest absolute Gasteiger partial charge is 0.376 e. The van der Waals surface area contributed by atoms with Crippen molar-refractivity contribution in [3.05, 3.63) is 35.4 Å². The van der Waals surface area contributed by atoms with Gasteiger partial charge in [-0.25, -0.2) is 0 Å². The second-order valence-electron chi connectivity index (χ2n) is 6.04. The van der Waals surface area contributed by atoms with Gasteiger partial charge in [-0.3, -0.25) is 4.90 Å². The Hall–Kier alpha value is -0.900. The van der Waals surface area contributed by atoms with Gasteiger partial charge >= 0.3 is 0 Å². The first-order valence-electron chi connectivity index (χ1n) is 7.80. The molecule has 2 N–H and O–H groups in total. The van der Waals surface area contributed by atoms with Crippen LogP contribution in [0.3, 0.4) is 0 Å². The molecular formula is C17H28N2O. The van der Waals surface area contributed by atoms with Gasteiger partial charge in [0.1, 0.15) is 0 Å². The minimum atomic E-state index is 0.0819. The Morgan fingerprint density at radius 2 is 2.00 bits per heavy atom. The molecule has 1 aliphatic rings. The van der Waals surface area contributed by atoms with Gasteiger partial charge in [0.25, 0.3) is 0 Å². The lowest BCUT2D eigenvalue weighted by Crippen LogP contribution is -2.49. The Kier molecular flexibility index (Phi) is 5.58. The summed E-state index contributed by atoms with van der Waals surface area (Å²) in [5.41, 5.74) is 9.01. The van der Waals surface area contributed by atoms with E-state index in [1.807, 2.05) is 0 Å². The van der Waals surface area contributed by atoms with Gasteiger partial charge in [-0.2, -0.15) is 0 Å². The Labute approximate surface area is 123 Å². The third kappa shape index (κ3) is 4.05. The Morgan fingerprint density at radius 1 is 1.30 bits per heavy atom. The molecule has 3 heteroatoms. The highest BCUT2D eigenvalue weighted by atomic mass is 16.5. The Balaban J connectivity index is 1.94. The molecule has 0 bridgehead atoms. The number of hydrogen-bond donors (Lipinski definition) is 1. The van der Waals surface area contributed by atoms with Crippen LogP contribution in [0.5, 0.6) is 0 Å². The fraction of sp³-hybridized carbons (Fsp3) is 0.647. The molecule has 1 aliphatic heterocycles. The first kappa shape index (κ1) is 15.5. The number of aryl methyl sites for hydroxylation is 1. The number of nitrogens with two attached hydrogens (primary N) is 1. The van der Waals surface area contributed by atoms with E-state index >= 15 is 0 Å². The van der Waals surface area contributed by atoms with E-state index in [1.54, 1.807) is 0 Å². The monoisotopic (exact) mass is 276 g/mol. The maximum Gasteiger partial charge on any atom is 0.0674 e. The summed E-state index contributed by atoms with van der Waals surface area (Å²) in [6.45, 7) is 9.24. The lowest BCUT2D eigenvalue weighted by atomic mass is 10.0. The number of nitrogens with zero attached hydrogens (tertiary/aromatic N) is 1. The number of rotatable bonds is 5. The number of benzene rings is 1. The molecule has 0 aliphatic carbocycles. The van der Waals surface area contributed by atoms with E-state index in [9.17, 15) is 0 Å². The number of ether oxygens (including phenoxy) is 1.